The first-order chi connectivity index (χ1) is 12.3. The molecule has 6 nitrogen and oxygen atoms in total. The van der Waals surface area contributed by atoms with Crippen molar-refractivity contribution in [3.05, 3.63) is 52.4 Å². The quantitative estimate of drug-likeness (QED) is 0.710. The largest absolute Gasteiger partial charge is 0.387 e. The minimum atomic E-state index is -0.994. The zero-order valence-electron chi connectivity index (χ0n) is 14.1. The van der Waals surface area contributed by atoms with Gasteiger partial charge in [0.2, 0.25) is 0 Å². The van der Waals surface area contributed by atoms with E-state index in [4.69, 9.17) is 33.7 Å². The van der Waals surface area contributed by atoms with Crippen LogP contribution in [0.4, 0.5) is 5.82 Å². The van der Waals surface area contributed by atoms with Gasteiger partial charge in [-0.1, -0.05) is 29.3 Å². The van der Waals surface area contributed by atoms with E-state index in [1.165, 1.54) is 6.33 Å². The maximum atomic E-state index is 10.9. The molecule has 136 valence electrons. The van der Waals surface area contributed by atoms with Crippen LogP contribution in [0.3, 0.4) is 0 Å². The van der Waals surface area contributed by atoms with Gasteiger partial charge in [0.05, 0.1) is 27.1 Å². The molecule has 0 radical (unpaired) electrons. The summed E-state index contributed by atoms with van der Waals surface area (Å²) in [5.41, 5.74) is 6.55. The summed E-state index contributed by atoms with van der Waals surface area (Å²) in [6.07, 6.45) is 3.52. The molecule has 3 atom stereocenters. The summed E-state index contributed by atoms with van der Waals surface area (Å²) < 4.78 is 8.06. The maximum absolute atomic E-state index is 10.9. The highest BCUT2D eigenvalue weighted by Gasteiger charge is 2.44. The molecule has 3 aromatic rings. The lowest BCUT2D eigenvalue weighted by Gasteiger charge is -2.23. The second-order valence-electron chi connectivity index (χ2n) is 6.81. The van der Waals surface area contributed by atoms with E-state index in [1.54, 1.807) is 19.1 Å². The number of rotatable bonds is 3. The lowest BCUT2D eigenvalue weighted by molar-refractivity contribution is -0.0488. The van der Waals surface area contributed by atoms with Gasteiger partial charge in [-0.2, -0.15) is 0 Å². The predicted molar refractivity (Wildman–Crippen MR) is 101 cm³/mol. The van der Waals surface area contributed by atoms with Gasteiger partial charge in [-0.05, 0) is 30.7 Å². The molecule has 0 saturated carbocycles. The van der Waals surface area contributed by atoms with Gasteiger partial charge < -0.3 is 20.1 Å². The molecule has 0 amide bonds. The number of aliphatic hydroxyl groups is 1. The average Bonchev–Trinajstić information content (AvgIpc) is 3.13. The van der Waals surface area contributed by atoms with Crippen LogP contribution in [0.2, 0.25) is 10.0 Å². The van der Waals surface area contributed by atoms with Crippen LogP contribution >= 0.6 is 23.2 Å². The predicted octanol–water partition coefficient (Wildman–Crippen LogP) is 3.60. The average molecular weight is 393 g/mol. The molecule has 1 aliphatic rings. The number of benzene rings is 1. The number of ether oxygens (including phenoxy) is 1. The first-order valence-corrected chi connectivity index (χ1v) is 8.99. The first-order valence-electron chi connectivity index (χ1n) is 8.24. The molecular weight excluding hydrogens is 375 g/mol. The van der Waals surface area contributed by atoms with Crippen LogP contribution in [0.1, 0.15) is 25.1 Å². The van der Waals surface area contributed by atoms with Crippen molar-refractivity contribution in [3.8, 4) is 0 Å². The van der Waals surface area contributed by atoms with Gasteiger partial charge in [0.1, 0.15) is 24.0 Å². The Hall–Kier alpha value is -1.86. The van der Waals surface area contributed by atoms with Crippen molar-refractivity contribution in [2.45, 2.75) is 37.7 Å². The van der Waals surface area contributed by atoms with E-state index in [0.29, 0.717) is 34.4 Å². The fourth-order valence-electron chi connectivity index (χ4n) is 3.40. The van der Waals surface area contributed by atoms with E-state index in [0.717, 1.165) is 10.9 Å². The molecule has 3 N–H and O–H groups in total. The van der Waals surface area contributed by atoms with Gasteiger partial charge in [-0.15, -0.1) is 0 Å². The highest BCUT2D eigenvalue weighted by Crippen LogP contribution is 2.40. The molecule has 4 rings (SSSR count). The van der Waals surface area contributed by atoms with Crippen LogP contribution < -0.4 is 5.73 Å². The van der Waals surface area contributed by atoms with Crippen LogP contribution in [-0.4, -0.2) is 31.3 Å². The van der Waals surface area contributed by atoms with Crippen LogP contribution in [0.5, 0.6) is 0 Å². The molecule has 1 saturated heterocycles. The molecule has 3 unspecified atom stereocenters. The SMILES string of the molecule is CC1(O)CC(n2ccc3c(N)ncnc32)OC1Cc1ccc(Cl)c(Cl)c1. The van der Waals surface area contributed by atoms with Crippen molar-refractivity contribution < 1.29 is 9.84 Å². The van der Waals surface area contributed by atoms with E-state index in [1.807, 2.05) is 22.9 Å². The van der Waals surface area contributed by atoms with Gasteiger partial charge in [0, 0.05) is 19.0 Å². The Morgan fingerprint density at radius 1 is 1.31 bits per heavy atom. The summed E-state index contributed by atoms with van der Waals surface area (Å²) in [5.74, 6) is 0.422. The van der Waals surface area contributed by atoms with E-state index in [9.17, 15) is 5.11 Å². The van der Waals surface area contributed by atoms with Gasteiger partial charge in [0.15, 0.2) is 0 Å². The Labute approximate surface area is 160 Å². The molecule has 1 aliphatic heterocycles. The standard InChI is InChI=1S/C18H18Cl2N4O2/c1-18(25)8-15(24-5-4-11-16(21)22-9-23-17(11)24)26-14(18)7-10-2-3-12(19)13(20)6-10/h2-6,9,14-15,25H,7-8H2,1H3,(H2,21,22,23). The van der Waals surface area contributed by atoms with Crippen LogP contribution in [0.15, 0.2) is 36.8 Å². The Morgan fingerprint density at radius 2 is 2.12 bits per heavy atom. The maximum Gasteiger partial charge on any atom is 0.147 e. The monoisotopic (exact) mass is 392 g/mol. The van der Waals surface area contributed by atoms with E-state index in [2.05, 4.69) is 9.97 Å². The Kier molecular flexibility index (Phi) is 4.31. The number of nitrogens with two attached hydrogens (primary N) is 1. The van der Waals surface area contributed by atoms with Crippen molar-refractivity contribution in [2.75, 3.05) is 5.73 Å². The van der Waals surface area contributed by atoms with Crippen LogP contribution in [-0.2, 0) is 11.2 Å². The van der Waals surface area contributed by atoms with E-state index < -0.39 is 5.60 Å². The van der Waals surface area contributed by atoms with Crippen molar-refractivity contribution in [2.24, 2.45) is 0 Å². The lowest BCUT2D eigenvalue weighted by atomic mass is 9.92. The normalized spacial score (nSPS) is 25.8. The highest BCUT2D eigenvalue weighted by molar-refractivity contribution is 6.42. The first kappa shape index (κ1) is 17.5. The third-order valence-electron chi connectivity index (χ3n) is 4.86. The van der Waals surface area contributed by atoms with Crippen molar-refractivity contribution in [3.63, 3.8) is 0 Å². The number of hydrogen-bond donors (Lipinski definition) is 2. The van der Waals surface area contributed by atoms with Gasteiger partial charge in [-0.25, -0.2) is 9.97 Å². The number of nitrogens with zero attached hydrogens (tertiary/aromatic N) is 3. The van der Waals surface area contributed by atoms with Crippen LogP contribution in [0, 0.1) is 0 Å². The smallest absolute Gasteiger partial charge is 0.147 e. The summed E-state index contributed by atoms with van der Waals surface area (Å²) in [4.78, 5) is 8.30. The molecule has 26 heavy (non-hydrogen) atoms. The zero-order chi connectivity index (χ0) is 18.5. The molecule has 8 heteroatoms. The third-order valence-corrected chi connectivity index (χ3v) is 5.60. The fourth-order valence-corrected chi connectivity index (χ4v) is 3.73. The molecule has 3 heterocycles. The van der Waals surface area contributed by atoms with E-state index >= 15 is 0 Å². The molecule has 0 bridgehead atoms. The Morgan fingerprint density at radius 3 is 2.88 bits per heavy atom. The fraction of sp³-hybridized carbons (Fsp3) is 0.333. The molecular formula is C18H18Cl2N4O2. The second kappa shape index (κ2) is 6.39. The number of hydrogen-bond acceptors (Lipinski definition) is 5. The summed E-state index contributed by atoms with van der Waals surface area (Å²) in [6, 6.07) is 7.30. The Balaban J connectivity index is 1.61. The number of anilines is 1. The summed E-state index contributed by atoms with van der Waals surface area (Å²) in [7, 11) is 0. The number of fused-ring (bicyclic) bond motifs is 1. The van der Waals surface area contributed by atoms with Gasteiger partial charge in [-0.3, -0.25) is 0 Å². The topological polar surface area (TPSA) is 86.2 Å². The minimum Gasteiger partial charge on any atom is -0.387 e. The molecule has 1 fully saturated rings. The highest BCUT2D eigenvalue weighted by atomic mass is 35.5. The van der Waals surface area contributed by atoms with Gasteiger partial charge >= 0.3 is 0 Å². The number of aromatic nitrogens is 3. The number of nitrogen functional groups attached to an aromatic ring is 1. The second-order valence-corrected chi connectivity index (χ2v) is 7.63. The van der Waals surface area contributed by atoms with Crippen molar-refractivity contribution in [1.82, 2.24) is 14.5 Å². The summed E-state index contributed by atoms with van der Waals surface area (Å²) >= 11 is 12.1. The van der Waals surface area contributed by atoms with Crippen LogP contribution in [0.25, 0.3) is 11.0 Å². The molecule has 2 aromatic heterocycles. The Bertz CT molecular complexity index is 973. The lowest BCUT2D eigenvalue weighted by Crippen LogP contribution is -2.36. The minimum absolute atomic E-state index is 0.343. The number of halogens is 2. The molecule has 0 aliphatic carbocycles. The van der Waals surface area contributed by atoms with Crippen molar-refractivity contribution in [1.29, 1.82) is 0 Å². The van der Waals surface area contributed by atoms with Crippen molar-refractivity contribution >= 4 is 40.1 Å². The third kappa shape index (κ3) is 3.03. The zero-order valence-corrected chi connectivity index (χ0v) is 15.6. The summed E-state index contributed by atoms with van der Waals surface area (Å²) in [5, 5.41) is 12.6. The van der Waals surface area contributed by atoms with Gasteiger partial charge in [0.25, 0.3) is 0 Å². The molecule has 1 aromatic carbocycles. The molecule has 0 spiro atoms. The van der Waals surface area contributed by atoms with E-state index in [-0.39, 0.29) is 12.3 Å². The summed E-state index contributed by atoms with van der Waals surface area (Å²) in [6.45, 7) is 1.78.